The zero-order valence-electron chi connectivity index (χ0n) is 24.1. The number of fused-ring (bicyclic) bond motifs is 4. The lowest BCUT2D eigenvalue weighted by Crippen LogP contribution is -2.49. The smallest absolute Gasteiger partial charge is 0.304 e. The van der Waals surface area contributed by atoms with E-state index in [1.165, 1.54) is 15.4 Å². The molecular weight excluding hydrogens is 590 g/mol. The third-order valence-corrected chi connectivity index (χ3v) is 11.6. The Kier molecular flexibility index (Phi) is 7.70. The Morgan fingerprint density at radius 1 is 1.16 bits per heavy atom. The molecule has 2 N–H and O–H groups in total. The Morgan fingerprint density at radius 2 is 2.02 bits per heavy atom. The number of ether oxygens (including phenoxy) is 2. The number of aryl methyl sites for hydroxylation is 1. The van der Waals surface area contributed by atoms with E-state index >= 15 is 0 Å². The van der Waals surface area contributed by atoms with Crippen LogP contribution in [0.2, 0.25) is 5.02 Å². The molecule has 11 heteroatoms. The molecule has 2 aromatic rings. The van der Waals surface area contributed by atoms with Crippen molar-refractivity contribution in [2.45, 2.75) is 56.1 Å². The highest BCUT2D eigenvalue weighted by Crippen LogP contribution is 2.46. The van der Waals surface area contributed by atoms with Gasteiger partial charge in [0.25, 0.3) is 5.91 Å². The molecule has 7 rings (SSSR count). The number of anilines is 1. The van der Waals surface area contributed by atoms with Gasteiger partial charge in [-0.3, -0.25) is 4.79 Å². The molecule has 5 aliphatic rings. The average Bonchev–Trinajstić information content (AvgIpc) is 3.79. The fraction of sp³-hybridized carbons (Fsp3) is 0.531. The third-order valence-electron chi connectivity index (χ3n) is 9.92. The van der Waals surface area contributed by atoms with Gasteiger partial charge < -0.3 is 19.5 Å². The lowest BCUT2D eigenvalue weighted by Gasteiger charge is -2.45. The Balaban J connectivity index is 1.27. The minimum Gasteiger partial charge on any atom is -0.490 e. The van der Waals surface area contributed by atoms with Crippen LogP contribution in [0.1, 0.15) is 53.6 Å². The molecule has 1 saturated heterocycles. The highest BCUT2D eigenvalue weighted by Gasteiger charge is 2.44. The fourth-order valence-electron chi connectivity index (χ4n) is 7.36. The number of hydrogen-bond donors (Lipinski definition) is 2. The number of hydrogen-bond acceptors (Lipinski definition) is 7. The van der Waals surface area contributed by atoms with Crippen LogP contribution < -0.4 is 14.4 Å². The van der Waals surface area contributed by atoms with Gasteiger partial charge in [-0.25, -0.2) is 4.72 Å². The molecule has 1 spiro atoms. The van der Waals surface area contributed by atoms with Crippen molar-refractivity contribution in [3.8, 4) is 5.75 Å². The van der Waals surface area contributed by atoms with Gasteiger partial charge in [0.2, 0.25) is 0 Å². The van der Waals surface area contributed by atoms with Crippen LogP contribution in [0.15, 0.2) is 48.6 Å². The summed E-state index contributed by atoms with van der Waals surface area (Å²) in [6.07, 6.45) is 8.18. The van der Waals surface area contributed by atoms with Gasteiger partial charge in [-0.2, -0.15) is 12.7 Å². The summed E-state index contributed by atoms with van der Waals surface area (Å²) in [7, 11) is -4.12. The van der Waals surface area contributed by atoms with Crippen LogP contribution in [0, 0.1) is 11.8 Å². The second-order valence-electron chi connectivity index (χ2n) is 12.7. The molecule has 0 radical (unpaired) electrons. The largest absolute Gasteiger partial charge is 0.490 e. The first-order chi connectivity index (χ1) is 20.7. The highest BCUT2D eigenvalue weighted by atomic mass is 35.5. The fourth-order valence-corrected chi connectivity index (χ4v) is 8.74. The molecular formula is C32H38ClN3O6S. The van der Waals surface area contributed by atoms with E-state index in [-0.39, 0.29) is 42.0 Å². The lowest BCUT2D eigenvalue weighted by molar-refractivity contribution is 0.0456. The maximum absolute atomic E-state index is 13.4. The molecule has 1 amide bonds. The number of amides is 1. The van der Waals surface area contributed by atoms with Crippen molar-refractivity contribution < 1.29 is 27.8 Å². The number of aliphatic hydroxyl groups is 1. The van der Waals surface area contributed by atoms with Gasteiger partial charge in [0, 0.05) is 42.2 Å². The summed E-state index contributed by atoms with van der Waals surface area (Å²) in [4.78, 5) is 15.8. The summed E-state index contributed by atoms with van der Waals surface area (Å²) >= 11 is 6.39. The van der Waals surface area contributed by atoms with Gasteiger partial charge >= 0.3 is 10.2 Å². The van der Waals surface area contributed by atoms with E-state index < -0.39 is 22.2 Å². The van der Waals surface area contributed by atoms with Crippen LogP contribution in [0.3, 0.4) is 0 Å². The topological polar surface area (TPSA) is 112 Å². The molecule has 3 aliphatic heterocycles. The minimum atomic E-state index is -4.12. The Labute approximate surface area is 258 Å². The molecule has 1 saturated carbocycles. The van der Waals surface area contributed by atoms with Crippen LogP contribution in [0.25, 0.3) is 0 Å². The number of nitrogens with zero attached hydrogens (tertiary/aromatic N) is 2. The van der Waals surface area contributed by atoms with Crippen LogP contribution in [-0.2, 0) is 26.8 Å². The predicted octanol–water partition coefficient (Wildman–Crippen LogP) is 3.84. The predicted molar refractivity (Wildman–Crippen MR) is 164 cm³/mol. The molecule has 2 bridgehead atoms. The van der Waals surface area contributed by atoms with Crippen LogP contribution in [0.5, 0.6) is 5.75 Å². The standard InChI is InChI=1S/C32H38ClN3O6S/c33-24-8-10-27-21(14-24)4-3-12-32(27)19-35-16-23-6-9-26(23)29(37)5-1-2-13-36(17-25-18-41-25)43(39,40)34-31(38)22-7-11-30(42-20-32)28(35)15-22/h1,5,7-8,10-11,14-15,23,25-26,29,37H,2-4,6,9,12-13,16-20H2,(H,34,38)/b5-1+/t23-,25-,26+,29-,32-/m0/s1. The first kappa shape index (κ1) is 29.1. The number of halogens is 1. The zero-order valence-corrected chi connectivity index (χ0v) is 25.7. The Hall–Kier alpha value is -2.63. The second kappa shape index (κ2) is 11.4. The average molecular weight is 628 g/mol. The monoisotopic (exact) mass is 627 g/mol. The summed E-state index contributed by atoms with van der Waals surface area (Å²) < 4.78 is 42.1. The number of rotatable bonds is 2. The molecule has 2 fully saturated rings. The zero-order chi connectivity index (χ0) is 29.8. The van der Waals surface area contributed by atoms with Crippen molar-refractivity contribution >= 4 is 33.4 Å². The Bertz CT molecular complexity index is 1550. The van der Waals surface area contributed by atoms with Crippen LogP contribution in [-0.4, -0.2) is 75.3 Å². The lowest BCUT2D eigenvalue weighted by atomic mass is 9.68. The van der Waals surface area contributed by atoms with Gasteiger partial charge in [0.1, 0.15) is 5.75 Å². The van der Waals surface area contributed by atoms with E-state index in [9.17, 15) is 18.3 Å². The quantitative estimate of drug-likeness (QED) is 0.385. The molecule has 230 valence electrons. The summed E-state index contributed by atoms with van der Waals surface area (Å²) in [6.45, 7) is 2.72. The van der Waals surface area contributed by atoms with E-state index in [1.54, 1.807) is 24.3 Å². The number of carbonyl (C=O) groups excluding carboxylic acids is 1. The molecule has 43 heavy (non-hydrogen) atoms. The van der Waals surface area contributed by atoms with Gasteiger partial charge in [0.15, 0.2) is 0 Å². The first-order valence-corrected chi connectivity index (χ1v) is 17.1. The van der Waals surface area contributed by atoms with Crippen molar-refractivity contribution in [2.75, 3.05) is 44.3 Å². The maximum Gasteiger partial charge on any atom is 0.304 e. The molecule has 9 nitrogen and oxygen atoms in total. The number of benzene rings is 2. The van der Waals surface area contributed by atoms with Crippen molar-refractivity contribution in [3.05, 3.63) is 70.3 Å². The van der Waals surface area contributed by atoms with Crippen LogP contribution >= 0.6 is 11.6 Å². The summed E-state index contributed by atoms with van der Waals surface area (Å²) in [5, 5.41) is 11.9. The van der Waals surface area contributed by atoms with Crippen molar-refractivity contribution in [1.82, 2.24) is 9.03 Å². The van der Waals surface area contributed by atoms with E-state index in [0.717, 1.165) is 42.8 Å². The molecule has 3 heterocycles. The molecule has 5 atom stereocenters. The molecule has 2 aliphatic carbocycles. The molecule has 0 aromatic heterocycles. The SMILES string of the molecule is O=C1NS(=O)(=O)N(C[C@H]2CO2)CC/C=C/[C@H](O)[C@@H]2CC[C@H]2CN2C[C@@]3(CCCc4cc(Cl)ccc43)COc3ccc1cc32. The van der Waals surface area contributed by atoms with Crippen LogP contribution in [0.4, 0.5) is 5.69 Å². The van der Waals surface area contributed by atoms with E-state index in [4.69, 9.17) is 21.1 Å². The normalized spacial score (nSPS) is 32.8. The highest BCUT2D eigenvalue weighted by molar-refractivity contribution is 7.87. The number of epoxide rings is 1. The maximum atomic E-state index is 13.4. The third kappa shape index (κ3) is 5.80. The van der Waals surface area contributed by atoms with Crippen molar-refractivity contribution in [2.24, 2.45) is 11.8 Å². The number of nitrogens with one attached hydrogen (secondary N) is 1. The minimum absolute atomic E-state index is 0.108. The summed E-state index contributed by atoms with van der Waals surface area (Å²) in [5.41, 5.74) is 3.25. The van der Waals surface area contributed by atoms with Gasteiger partial charge in [-0.05, 0) is 91.8 Å². The van der Waals surface area contributed by atoms with E-state index in [0.29, 0.717) is 38.5 Å². The number of aliphatic hydroxyl groups excluding tert-OH is 1. The van der Waals surface area contributed by atoms with E-state index in [2.05, 4.69) is 21.8 Å². The summed E-state index contributed by atoms with van der Waals surface area (Å²) in [5.74, 6) is 0.365. The molecule has 0 unspecified atom stereocenters. The van der Waals surface area contributed by atoms with Gasteiger partial charge in [0.05, 0.1) is 31.1 Å². The summed E-state index contributed by atoms with van der Waals surface area (Å²) in [6, 6.07) is 11.3. The van der Waals surface area contributed by atoms with E-state index in [1.807, 2.05) is 12.1 Å². The second-order valence-corrected chi connectivity index (χ2v) is 14.9. The van der Waals surface area contributed by atoms with Gasteiger partial charge in [-0.15, -0.1) is 0 Å². The van der Waals surface area contributed by atoms with Gasteiger partial charge in [-0.1, -0.05) is 29.8 Å². The molecule has 2 aromatic carbocycles. The number of carbonyl (C=O) groups is 1. The van der Waals surface area contributed by atoms with Crippen molar-refractivity contribution in [1.29, 1.82) is 0 Å². The van der Waals surface area contributed by atoms with Crippen molar-refractivity contribution in [3.63, 3.8) is 0 Å². The first-order valence-electron chi connectivity index (χ1n) is 15.3. The Morgan fingerprint density at radius 3 is 2.81 bits per heavy atom.